The molecule has 0 heterocycles. The van der Waals surface area contributed by atoms with Gasteiger partial charge in [-0.2, -0.15) is 0 Å². The van der Waals surface area contributed by atoms with Crippen molar-refractivity contribution < 1.29 is 19.7 Å². The summed E-state index contributed by atoms with van der Waals surface area (Å²) in [6.45, 7) is 7.55. The van der Waals surface area contributed by atoms with Crippen LogP contribution in [0, 0.1) is 0 Å². The zero-order valence-corrected chi connectivity index (χ0v) is 11.1. The SMILES string of the molecule is C=CCNC(C)(C(=O)OCC)c1cc(O)cc(O)c1. The second kappa shape index (κ2) is 6.24. The van der Waals surface area contributed by atoms with Gasteiger partial charge in [0.25, 0.3) is 0 Å². The molecule has 1 aromatic rings. The normalized spacial score (nSPS) is 13.6. The fourth-order valence-electron chi connectivity index (χ4n) is 1.73. The second-order valence-electron chi connectivity index (χ2n) is 4.25. The third kappa shape index (κ3) is 3.48. The molecule has 0 aromatic heterocycles. The number of nitrogens with one attached hydrogen (secondary N) is 1. The molecule has 0 fully saturated rings. The van der Waals surface area contributed by atoms with Gasteiger partial charge in [-0.05, 0) is 31.5 Å². The average Bonchev–Trinajstić information content (AvgIpc) is 2.35. The lowest BCUT2D eigenvalue weighted by Gasteiger charge is -2.28. The Hall–Kier alpha value is -2.01. The first-order valence-corrected chi connectivity index (χ1v) is 6.00. The Labute approximate surface area is 112 Å². The number of aromatic hydroxyl groups is 2. The van der Waals surface area contributed by atoms with E-state index in [1.165, 1.54) is 18.2 Å². The molecule has 0 bridgehead atoms. The standard InChI is InChI=1S/C14H19NO4/c1-4-6-15-14(3,13(18)19-5-2)10-7-11(16)9-12(17)8-10/h4,7-9,15-17H,1,5-6H2,2-3H3. The molecule has 0 saturated heterocycles. The van der Waals surface area contributed by atoms with E-state index in [4.69, 9.17) is 4.74 Å². The summed E-state index contributed by atoms with van der Waals surface area (Å²) in [7, 11) is 0. The number of hydrogen-bond acceptors (Lipinski definition) is 5. The molecule has 1 unspecified atom stereocenters. The van der Waals surface area contributed by atoms with Crippen molar-refractivity contribution in [3.05, 3.63) is 36.4 Å². The van der Waals surface area contributed by atoms with E-state index in [0.29, 0.717) is 12.1 Å². The van der Waals surface area contributed by atoms with Gasteiger partial charge in [0.05, 0.1) is 6.61 Å². The van der Waals surface area contributed by atoms with E-state index < -0.39 is 11.5 Å². The first-order valence-electron chi connectivity index (χ1n) is 6.00. The maximum Gasteiger partial charge on any atom is 0.330 e. The van der Waals surface area contributed by atoms with Crippen LogP contribution in [0.15, 0.2) is 30.9 Å². The van der Waals surface area contributed by atoms with Crippen LogP contribution in [0.1, 0.15) is 19.4 Å². The minimum Gasteiger partial charge on any atom is -0.508 e. The highest BCUT2D eigenvalue weighted by Crippen LogP contribution is 2.29. The van der Waals surface area contributed by atoms with Crippen molar-refractivity contribution in [1.29, 1.82) is 0 Å². The first kappa shape index (κ1) is 15.0. The number of ether oxygens (including phenoxy) is 1. The number of phenols is 2. The molecule has 5 nitrogen and oxygen atoms in total. The largest absolute Gasteiger partial charge is 0.508 e. The highest BCUT2D eigenvalue weighted by atomic mass is 16.5. The van der Waals surface area contributed by atoms with Crippen LogP contribution in [0.4, 0.5) is 0 Å². The lowest BCUT2D eigenvalue weighted by Crippen LogP contribution is -2.47. The summed E-state index contributed by atoms with van der Waals surface area (Å²) in [5.41, 5.74) is -0.745. The molecule has 19 heavy (non-hydrogen) atoms. The molecule has 1 atom stereocenters. The van der Waals surface area contributed by atoms with Gasteiger partial charge in [0.1, 0.15) is 17.0 Å². The van der Waals surface area contributed by atoms with Crippen LogP contribution in [0.5, 0.6) is 11.5 Å². The quantitative estimate of drug-likeness (QED) is 0.538. The summed E-state index contributed by atoms with van der Waals surface area (Å²) in [4.78, 5) is 12.1. The van der Waals surface area contributed by atoms with Gasteiger partial charge in [-0.25, -0.2) is 4.79 Å². The molecule has 104 valence electrons. The number of phenolic OH excluding ortho intramolecular Hbond substituents is 2. The topological polar surface area (TPSA) is 78.8 Å². The molecular formula is C14H19NO4. The number of carbonyl (C=O) groups excluding carboxylic acids is 1. The van der Waals surface area contributed by atoms with Crippen LogP contribution >= 0.6 is 0 Å². The molecule has 1 aromatic carbocycles. The summed E-state index contributed by atoms with van der Waals surface area (Å²) in [6.07, 6.45) is 1.61. The van der Waals surface area contributed by atoms with E-state index in [9.17, 15) is 15.0 Å². The number of hydrogen-bond donors (Lipinski definition) is 3. The minimum atomic E-state index is -1.17. The number of esters is 1. The van der Waals surface area contributed by atoms with Gasteiger partial charge in [-0.15, -0.1) is 6.58 Å². The van der Waals surface area contributed by atoms with Crippen molar-refractivity contribution in [3.8, 4) is 11.5 Å². The lowest BCUT2D eigenvalue weighted by atomic mass is 9.91. The van der Waals surface area contributed by atoms with Crippen molar-refractivity contribution in [1.82, 2.24) is 5.32 Å². The molecule has 0 amide bonds. The van der Waals surface area contributed by atoms with Gasteiger partial charge in [0, 0.05) is 12.6 Å². The van der Waals surface area contributed by atoms with Gasteiger partial charge in [0.2, 0.25) is 0 Å². The van der Waals surface area contributed by atoms with E-state index in [1.54, 1.807) is 19.9 Å². The van der Waals surface area contributed by atoms with Crippen LogP contribution in [0.3, 0.4) is 0 Å². The van der Waals surface area contributed by atoms with Crippen molar-refractivity contribution in [2.45, 2.75) is 19.4 Å². The third-order valence-corrected chi connectivity index (χ3v) is 2.76. The van der Waals surface area contributed by atoms with Gasteiger partial charge < -0.3 is 14.9 Å². The van der Waals surface area contributed by atoms with E-state index in [-0.39, 0.29) is 18.1 Å². The van der Waals surface area contributed by atoms with E-state index in [1.807, 2.05) is 0 Å². The molecule has 0 radical (unpaired) electrons. The van der Waals surface area contributed by atoms with Crippen molar-refractivity contribution in [2.24, 2.45) is 0 Å². The zero-order valence-electron chi connectivity index (χ0n) is 11.1. The van der Waals surface area contributed by atoms with Crippen molar-refractivity contribution in [3.63, 3.8) is 0 Å². The van der Waals surface area contributed by atoms with Gasteiger partial charge >= 0.3 is 5.97 Å². The van der Waals surface area contributed by atoms with Crippen LogP contribution in [0.2, 0.25) is 0 Å². The fourth-order valence-corrected chi connectivity index (χ4v) is 1.73. The minimum absolute atomic E-state index is 0.120. The van der Waals surface area contributed by atoms with Crippen LogP contribution < -0.4 is 5.32 Å². The molecular weight excluding hydrogens is 246 g/mol. The summed E-state index contributed by atoms with van der Waals surface area (Å²) in [6, 6.07) is 4.02. The Bertz CT molecular complexity index is 452. The maximum atomic E-state index is 12.1. The smallest absolute Gasteiger partial charge is 0.330 e. The molecule has 0 spiro atoms. The van der Waals surface area contributed by atoms with Gasteiger partial charge in [-0.3, -0.25) is 5.32 Å². The van der Waals surface area contributed by atoms with Gasteiger partial charge in [0.15, 0.2) is 0 Å². The molecule has 1 rings (SSSR count). The van der Waals surface area contributed by atoms with Gasteiger partial charge in [-0.1, -0.05) is 6.08 Å². The van der Waals surface area contributed by atoms with Crippen molar-refractivity contribution in [2.75, 3.05) is 13.2 Å². The Morgan fingerprint density at radius 2 is 2.00 bits per heavy atom. The predicted octanol–water partition coefficient (Wildman–Crippen LogP) is 1.65. The summed E-state index contributed by atoms with van der Waals surface area (Å²) in [5.74, 6) is -0.723. The highest BCUT2D eigenvalue weighted by Gasteiger charge is 2.36. The van der Waals surface area contributed by atoms with Crippen molar-refractivity contribution >= 4 is 5.97 Å². The molecule has 0 aliphatic carbocycles. The van der Waals surface area contributed by atoms with E-state index in [0.717, 1.165) is 0 Å². The molecule has 3 N–H and O–H groups in total. The van der Waals surface area contributed by atoms with Crippen LogP contribution in [-0.4, -0.2) is 29.3 Å². The predicted molar refractivity (Wildman–Crippen MR) is 72.0 cm³/mol. The molecule has 5 heteroatoms. The molecule has 0 aliphatic heterocycles. The van der Waals surface area contributed by atoms with E-state index in [2.05, 4.69) is 11.9 Å². The fraction of sp³-hybridized carbons (Fsp3) is 0.357. The summed E-state index contributed by atoms with van der Waals surface area (Å²) in [5, 5.41) is 22.1. The third-order valence-electron chi connectivity index (χ3n) is 2.76. The first-order chi connectivity index (χ1) is 8.93. The second-order valence-corrected chi connectivity index (χ2v) is 4.25. The average molecular weight is 265 g/mol. The lowest BCUT2D eigenvalue weighted by molar-refractivity contribution is -0.150. The highest BCUT2D eigenvalue weighted by molar-refractivity contribution is 5.82. The molecule has 0 aliphatic rings. The summed E-state index contributed by atoms with van der Waals surface area (Å²) >= 11 is 0. The molecule has 0 saturated carbocycles. The monoisotopic (exact) mass is 265 g/mol. The van der Waals surface area contributed by atoms with Crippen LogP contribution in [0.25, 0.3) is 0 Å². The summed E-state index contributed by atoms with van der Waals surface area (Å²) < 4.78 is 5.04. The Morgan fingerprint density at radius 1 is 1.42 bits per heavy atom. The Balaban J connectivity index is 3.21. The van der Waals surface area contributed by atoms with Crippen LogP contribution in [-0.2, 0) is 15.1 Å². The Morgan fingerprint density at radius 3 is 2.47 bits per heavy atom. The maximum absolute atomic E-state index is 12.1. The number of benzene rings is 1. The van der Waals surface area contributed by atoms with E-state index >= 15 is 0 Å². The number of carbonyl (C=O) groups is 1. The number of rotatable bonds is 6. The Kier molecular flexibility index (Phi) is 4.94. The zero-order chi connectivity index (χ0) is 14.5.